The molecule has 1 aliphatic carbocycles. The van der Waals surface area contributed by atoms with Gasteiger partial charge in [0.2, 0.25) is 5.91 Å². The molecule has 5 heteroatoms. The van der Waals surface area contributed by atoms with Gasteiger partial charge in [0.15, 0.2) is 0 Å². The van der Waals surface area contributed by atoms with E-state index in [1.54, 1.807) is 17.4 Å². The predicted octanol–water partition coefficient (Wildman–Crippen LogP) is 2.49. The van der Waals surface area contributed by atoms with Crippen LogP contribution in [0.25, 0.3) is 0 Å². The number of thiophene rings is 1. The minimum absolute atomic E-state index is 0.110. The van der Waals surface area contributed by atoms with Crippen LogP contribution >= 0.6 is 11.3 Å². The molecular formula is C19H22N2O2S. The molecule has 0 bridgehead atoms. The van der Waals surface area contributed by atoms with E-state index in [2.05, 4.69) is 0 Å². The maximum atomic E-state index is 12.6. The molecule has 2 aliphatic rings. The number of hydrogen-bond acceptors (Lipinski definition) is 3. The molecule has 3 heterocycles. The van der Waals surface area contributed by atoms with Gasteiger partial charge in [-0.25, -0.2) is 0 Å². The van der Waals surface area contributed by atoms with Gasteiger partial charge in [-0.15, -0.1) is 11.3 Å². The van der Waals surface area contributed by atoms with Crippen molar-refractivity contribution in [3.63, 3.8) is 0 Å². The maximum Gasteiger partial charge on any atom is 0.250 e. The van der Waals surface area contributed by atoms with Crippen LogP contribution in [0, 0.1) is 5.92 Å². The zero-order valence-corrected chi connectivity index (χ0v) is 14.6. The molecule has 1 saturated carbocycles. The highest BCUT2D eigenvalue weighted by molar-refractivity contribution is 7.10. The van der Waals surface area contributed by atoms with Crippen molar-refractivity contribution in [2.45, 2.75) is 38.6 Å². The van der Waals surface area contributed by atoms with E-state index < -0.39 is 0 Å². The van der Waals surface area contributed by atoms with Crippen LogP contribution in [0.4, 0.5) is 0 Å². The van der Waals surface area contributed by atoms with Crippen LogP contribution in [0.2, 0.25) is 0 Å². The van der Waals surface area contributed by atoms with E-state index in [1.807, 2.05) is 33.0 Å². The molecule has 126 valence electrons. The SMILES string of the molecule is O=C(Cc1cccs1)N1CCc2ccc(=O)n(CC3CC3)c2CC1. The summed E-state index contributed by atoms with van der Waals surface area (Å²) in [6.45, 7) is 2.31. The van der Waals surface area contributed by atoms with E-state index in [0.717, 1.165) is 36.5 Å². The summed E-state index contributed by atoms with van der Waals surface area (Å²) in [5.74, 6) is 0.871. The zero-order chi connectivity index (χ0) is 16.5. The summed E-state index contributed by atoms with van der Waals surface area (Å²) in [7, 11) is 0. The number of rotatable bonds is 4. The number of aromatic nitrogens is 1. The molecule has 0 unspecified atom stereocenters. The predicted molar refractivity (Wildman–Crippen MR) is 95.4 cm³/mol. The highest BCUT2D eigenvalue weighted by atomic mass is 32.1. The average Bonchev–Trinajstić information content (AvgIpc) is 3.30. The first-order valence-electron chi connectivity index (χ1n) is 8.72. The Morgan fingerprint density at radius 2 is 2.00 bits per heavy atom. The van der Waals surface area contributed by atoms with Crippen LogP contribution < -0.4 is 5.56 Å². The zero-order valence-electron chi connectivity index (χ0n) is 13.7. The molecule has 0 spiro atoms. The van der Waals surface area contributed by atoms with Crippen molar-refractivity contribution in [2.75, 3.05) is 13.1 Å². The van der Waals surface area contributed by atoms with Crippen molar-refractivity contribution in [1.82, 2.24) is 9.47 Å². The molecule has 1 fully saturated rings. The standard InChI is InChI=1S/C19H22N2O2S/c22-18-6-5-15-7-9-20(19(23)12-16-2-1-11-24-16)10-8-17(15)21(18)13-14-3-4-14/h1-2,5-6,11,14H,3-4,7-10,12-13H2. The van der Waals surface area contributed by atoms with Crippen LogP contribution in [0.5, 0.6) is 0 Å². The van der Waals surface area contributed by atoms with E-state index in [1.165, 1.54) is 18.4 Å². The minimum atomic E-state index is 0.110. The Morgan fingerprint density at radius 1 is 1.17 bits per heavy atom. The lowest BCUT2D eigenvalue weighted by Crippen LogP contribution is -2.34. The number of carbonyl (C=O) groups is 1. The minimum Gasteiger partial charge on any atom is -0.342 e. The molecule has 1 amide bonds. The smallest absolute Gasteiger partial charge is 0.250 e. The second-order valence-electron chi connectivity index (χ2n) is 6.83. The Morgan fingerprint density at radius 3 is 2.75 bits per heavy atom. The Bertz CT molecular complexity index is 790. The van der Waals surface area contributed by atoms with Crippen molar-refractivity contribution >= 4 is 17.2 Å². The monoisotopic (exact) mass is 342 g/mol. The van der Waals surface area contributed by atoms with Gasteiger partial charge in [0, 0.05) is 42.7 Å². The number of hydrogen-bond donors (Lipinski definition) is 0. The highest BCUT2D eigenvalue weighted by Gasteiger charge is 2.26. The van der Waals surface area contributed by atoms with Crippen LogP contribution in [0.15, 0.2) is 34.4 Å². The molecule has 4 rings (SSSR count). The van der Waals surface area contributed by atoms with E-state index in [0.29, 0.717) is 18.9 Å². The van der Waals surface area contributed by atoms with Crippen molar-refractivity contribution < 1.29 is 4.79 Å². The average molecular weight is 342 g/mol. The summed E-state index contributed by atoms with van der Waals surface area (Å²) >= 11 is 1.63. The first kappa shape index (κ1) is 15.6. The summed E-state index contributed by atoms with van der Waals surface area (Å²) in [5.41, 5.74) is 2.50. The second-order valence-corrected chi connectivity index (χ2v) is 7.87. The van der Waals surface area contributed by atoms with Gasteiger partial charge >= 0.3 is 0 Å². The third-order valence-corrected chi connectivity index (χ3v) is 5.93. The topological polar surface area (TPSA) is 42.3 Å². The van der Waals surface area contributed by atoms with Crippen molar-refractivity contribution in [2.24, 2.45) is 5.92 Å². The third-order valence-electron chi connectivity index (χ3n) is 5.06. The van der Waals surface area contributed by atoms with Crippen LogP contribution in [-0.2, 0) is 30.6 Å². The maximum absolute atomic E-state index is 12.6. The lowest BCUT2D eigenvalue weighted by molar-refractivity contribution is -0.130. The molecule has 4 nitrogen and oxygen atoms in total. The largest absolute Gasteiger partial charge is 0.342 e. The number of pyridine rings is 1. The normalized spacial score (nSPS) is 17.4. The third kappa shape index (κ3) is 3.31. The molecule has 0 N–H and O–H groups in total. The fourth-order valence-corrected chi connectivity index (χ4v) is 4.17. The number of amides is 1. The van der Waals surface area contributed by atoms with Gasteiger partial charge in [-0.1, -0.05) is 12.1 Å². The van der Waals surface area contributed by atoms with Gasteiger partial charge in [0.05, 0.1) is 6.42 Å². The quantitative estimate of drug-likeness (QED) is 0.857. The number of carbonyl (C=O) groups excluding carboxylic acids is 1. The summed E-state index contributed by atoms with van der Waals surface area (Å²) in [6, 6.07) is 7.67. The summed E-state index contributed by atoms with van der Waals surface area (Å²) in [6.07, 6.45) is 4.59. The van der Waals surface area contributed by atoms with Gasteiger partial charge in [0.25, 0.3) is 5.56 Å². The number of nitrogens with zero attached hydrogens (tertiary/aromatic N) is 2. The van der Waals surface area contributed by atoms with Crippen molar-refractivity contribution in [1.29, 1.82) is 0 Å². The molecule has 0 aromatic carbocycles. The van der Waals surface area contributed by atoms with E-state index in [4.69, 9.17) is 0 Å². The lowest BCUT2D eigenvalue weighted by atomic mass is 10.1. The van der Waals surface area contributed by atoms with Crippen molar-refractivity contribution in [3.05, 3.63) is 56.1 Å². The molecule has 2 aromatic heterocycles. The first-order valence-corrected chi connectivity index (χ1v) is 9.60. The fraction of sp³-hybridized carbons (Fsp3) is 0.474. The van der Waals surface area contributed by atoms with E-state index >= 15 is 0 Å². The Labute approximate surface area is 145 Å². The van der Waals surface area contributed by atoms with Gasteiger partial charge in [-0.2, -0.15) is 0 Å². The van der Waals surface area contributed by atoms with Crippen LogP contribution in [0.3, 0.4) is 0 Å². The fourth-order valence-electron chi connectivity index (χ4n) is 3.48. The lowest BCUT2D eigenvalue weighted by Gasteiger charge is -2.20. The van der Waals surface area contributed by atoms with Gasteiger partial charge in [0.1, 0.15) is 0 Å². The Balaban J connectivity index is 1.51. The summed E-state index contributed by atoms with van der Waals surface area (Å²) < 4.78 is 1.97. The summed E-state index contributed by atoms with van der Waals surface area (Å²) in [5, 5.41) is 2.01. The Kier molecular flexibility index (Phi) is 4.27. The van der Waals surface area contributed by atoms with E-state index in [9.17, 15) is 9.59 Å². The summed E-state index contributed by atoms with van der Waals surface area (Å²) in [4.78, 5) is 27.9. The molecular weight excluding hydrogens is 320 g/mol. The molecule has 2 aromatic rings. The second kappa shape index (κ2) is 6.55. The van der Waals surface area contributed by atoms with Gasteiger partial charge < -0.3 is 9.47 Å². The molecule has 0 radical (unpaired) electrons. The van der Waals surface area contributed by atoms with Gasteiger partial charge in [-0.05, 0) is 42.2 Å². The highest BCUT2D eigenvalue weighted by Crippen LogP contribution is 2.31. The molecule has 24 heavy (non-hydrogen) atoms. The molecule has 0 saturated heterocycles. The van der Waals surface area contributed by atoms with Crippen molar-refractivity contribution in [3.8, 4) is 0 Å². The van der Waals surface area contributed by atoms with Crippen LogP contribution in [-0.4, -0.2) is 28.5 Å². The molecule has 0 atom stereocenters. The van der Waals surface area contributed by atoms with Gasteiger partial charge in [-0.3, -0.25) is 9.59 Å². The van der Waals surface area contributed by atoms with E-state index in [-0.39, 0.29) is 11.5 Å². The Hall–Kier alpha value is -1.88. The van der Waals surface area contributed by atoms with Crippen LogP contribution in [0.1, 0.15) is 29.0 Å². The number of fused-ring (bicyclic) bond motifs is 1. The molecule has 1 aliphatic heterocycles. The first-order chi connectivity index (χ1) is 11.7.